The molecular formula is C13H21N3O. The SMILES string of the molecule is CNC1CCCCC1c1nc(C2CC2C)no1. The molecule has 4 nitrogen and oxygen atoms in total. The number of likely N-dealkylation sites (N-methyl/N-ethyl adjacent to an activating group) is 1. The zero-order chi connectivity index (χ0) is 11.8. The molecular weight excluding hydrogens is 214 g/mol. The van der Waals surface area contributed by atoms with E-state index in [0.717, 1.165) is 17.6 Å². The minimum Gasteiger partial charge on any atom is -0.339 e. The fourth-order valence-corrected chi connectivity index (χ4v) is 3.00. The highest BCUT2D eigenvalue weighted by Crippen LogP contribution is 2.46. The zero-order valence-electron chi connectivity index (χ0n) is 10.6. The third-order valence-corrected chi connectivity index (χ3v) is 4.35. The predicted octanol–water partition coefficient (Wildman–Crippen LogP) is 2.44. The van der Waals surface area contributed by atoms with Crippen molar-refractivity contribution < 1.29 is 4.52 Å². The summed E-state index contributed by atoms with van der Waals surface area (Å²) in [6, 6.07) is 0.508. The van der Waals surface area contributed by atoms with Crippen molar-refractivity contribution >= 4 is 0 Å². The van der Waals surface area contributed by atoms with Gasteiger partial charge in [0.05, 0.1) is 5.92 Å². The predicted molar refractivity (Wildman–Crippen MR) is 64.9 cm³/mol. The minimum atomic E-state index is 0.420. The lowest BCUT2D eigenvalue weighted by molar-refractivity contribution is 0.269. The Hall–Kier alpha value is -0.900. The highest BCUT2D eigenvalue weighted by Gasteiger charge is 2.39. The molecule has 17 heavy (non-hydrogen) atoms. The molecule has 0 aliphatic heterocycles. The van der Waals surface area contributed by atoms with E-state index in [1.165, 1.54) is 32.1 Å². The molecule has 1 heterocycles. The maximum Gasteiger partial charge on any atom is 0.231 e. The third-order valence-electron chi connectivity index (χ3n) is 4.35. The summed E-state index contributed by atoms with van der Waals surface area (Å²) in [6.45, 7) is 2.25. The van der Waals surface area contributed by atoms with Gasteiger partial charge in [0, 0.05) is 12.0 Å². The van der Waals surface area contributed by atoms with Crippen LogP contribution < -0.4 is 5.32 Å². The van der Waals surface area contributed by atoms with Crippen LogP contribution in [-0.2, 0) is 0 Å². The largest absolute Gasteiger partial charge is 0.339 e. The number of aromatic nitrogens is 2. The van der Waals surface area contributed by atoms with E-state index in [-0.39, 0.29) is 0 Å². The van der Waals surface area contributed by atoms with Crippen LogP contribution in [0.5, 0.6) is 0 Å². The van der Waals surface area contributed by atoms with E-state index >= 15 is 0 Å². The van der Waals surface area contributed by atoms with Gasteiger partial charge in [-0.1, -0.05) is 24.9 Å². The molecule has 94 valence electrons. The molecule has 1 aromatic heterocycles. The van der Waals surface area contributed by atoms with Crippen molar-refractivity contribution in [1.82, 2.24) is 15.5 Å². The average molecular weight is 235 g/mol. The first-order chi connectivity index (χ1) is 8.29. The van der Waals surface area contributed by atoms with E-state index in [1.807, 2.05) is 7.05 Å². The van der Waals surface area contributed by atoms with Crippen LogP contribution in [0.2, 0.25) is 0 Å². The molecule has 0 bridgehead atoms. The molecule has 2 aliphatic carbocycles. The van der Waals surface area contributed by atoms with E-state index in [1.54, 1.807) is 0 Å². The van der Waals surface area contributed by atoms with Crippen molar-refractivity contribution in [1.29, 1.82) is 0 Å². The van der Waals surface area contributed by atoms with Gasteiger partial charge in [-0.15, -0.1) is 0 Å². The van der Waals surface area contributed by atoms with Crippen molar-refractivity contribution in [3.05, 3.63) is 11.7 Å². The van der Waals surface area contributed by atoms with Crippen LogP contribution in [0.15, 0.2) is 4.52 Å². The van der Waals surface area contributed by atoms with E-state index in [4.69, 9.17) is 4.52 Å². The van der Waals surface area contributed by atoms with E-state index in [9.17, 15) is 0 Å². The van der Waals surface area contributed by atoms with Crippen molar-refractivity contribution in [3.63, 3.8) is 0 Å². The Morgan fingerprint density at radius 2 is 2.00 bits per heavy atom. The molecule has 0 amide bonds. The average Bonchev–Trinajstić information content (AvgIpc) is 2.92. The van der Waals surface area contributed by atoms with Crippen LogP contribution in [0.4, 0.5) is 0 Å². The molecule has 2 saturated carbocycles. The zero-order valence-corrected chi connectivity index (χ0v) is 10.6. The van der Waals surface area contributed by atoms with Crippen LogP contribution in [0.3, 0.4) is 0 Å². The summed E-state index contributed by atoms with van der Waals surface area (Å²) in [5.74, 6) is 3.52. The smallest absolute Gasteiger partial charge is 0.231 e. The number of nitrogens with zero attached hydrogens (tertiary/aromatic N) is 2. The van der Waals surface area contributed by atoms with Crippen LogP contribution >= 0.6 is 0 Å². The lowest BCUT2D eigenvalue weighted by Gasteiger charge is -2.28. The van der Waals surface area contributed by atoms with Crippen molar-refractivity contribution in [2.24, 2.45) is 5.92 Å². The molecule has 0 aromatic carbocycles. The second-order valence-electron chi connectivity index (χ2n) is 5.60. The number of rotatable bonds is 3. The molecule has 3 rings (SSSR count). The summed E-state index contributed by atoms with van der Waals surface area (Å²) < 4.78 is 5.48. The molecule has 1 N–H and O–H groups in total. The van der Waals surface area contributed by atoms with Gasteiger partial charge in [-0.3, -0.25) is 0 Å². The van der Waals surface area contributed by atoms with Gasteiger partial charge in [0.15, 0.2) is 5.82 Å². The fourth-order valence-electron chi connectivity index (χ4n) is 3.00. The quantitative estimate of drug-likeness (QED) is 0.874. The fraction of sp³-hybridized carbons (Fsp3) is 0.846. The molecule has 0 saturated heterocycles. The highest BCUT2D eigenvalue weighted by atomic mass is 16.5. The van der Waals surface area contributed by atoms with Gasteiger partial charge in [-0.25, -0.2) is 0 Å². The Kier molecular flexibility index (Phi) is 2.90. The van der Waals surface area contributed by atoms with Crippen LogP contribution in [0.1, 0.15) is 62.6 Å². The van der Waals surface area contributed by atoms with Crippen molar-refractivity contribution in [2.45, 2.75) is 56.9 Å². The Bertz CT molecular complexity index is 390. The van der Waals surface area contributed by atoms with Gasteiger partial charge in [0.25, 0.3) is 0 Å². The molecule has 2 fully saturated rings. The van der Waals surface area contributed by atoms with Gasteiger partial charge < -0.3 is 9.84 Å². The summed E-state index contributed by atoms with van der Waals surface area (Å²) in [6.07, 6.45) is 6.20. The van der Waals surface area contributed by atoms with Gasteiger partial charge in [0.2, 0.25) is 5.89 Å². The lowest BCUT2D eigenvalue weighted by atomic mass is 9.84. The lowest BCUT2D eigenvalue weighted by Crippen LogP contribution is -2.34. The molecule has 0 radical (unpaired) electrons. The maximum atomic E-state index is 5.48. The van der Waals surface area contributed by atoms with Crippen LogP contribution in [-0.4, -0.2) is 23.2 Å². The summed E-state index contributed by atoms with van der Waals surface area (Å²) >= 11 is 0. The standard InChI is InChI=1S/C13H21N3O/c1-8-7-10(8)12-15-13(17-16-12)9-5-3-4-6-11(9)14-2/h8-11,14H,3-7H2,1-2H3. The van der Waals surface area contributed by atoms with Gasteiger partial charge >= 0.3 is 0 Å². The highest BCUT2D eigenvalue weighted by molar-refractivity contribution is 5.10. The molecule has 2 aliphatic rings. The Labute approximate surface area is 102 Å². The molecule has 4 atom stereocenters. The first-order valence-corrected chi connectivity index (χ1v) is 6.80. The van der Waals surface area contributed by atoms with E-state index < -0.39 is 0 Å². The number of hydrogen-bond acceptors (Lipinski definition) is 4. The number of nitrogens with one attached hydrogen (secondary N) is 1. The first kappa shape index (κ1) is 11.2. The summed E-state index contributed by atoms with van der Waals surface area (Å²) in [5.41, 5.74) is 0. The van der Waals surface area contributed by atoms with Crippen LogP contribution in [0.25, 0.3) is 0 Å². The summed E-state index contributed by atoms with van der Waals surface area (Å²) in [4.78, 5) is 4.63. The Morgan fingerprint density at radius 3 is 2.71 bits per heavy atom. The summed E-state index contributed by atoms with van der Waals surface area (Å²) in [7, 11) is 2.03. The van der Waals surface area contributed by atoms with Gasteiger partial charge in [0.1, 0.15) is 0 Å². The van der Waals surface area contributed by atoms with Gasteiger partial charge in [-0.05, 0) is 32.2 Å². The molecule has 4 heteroatoms. The summed E-state index contributed by atoms with van der Waals surface area (Å²) in [5, 5.41) is 7.55. The monoisotopic (exact) mass is 235 g/mol. The molecule has 1 aromatic rings. The third kappa shape index (κ3) is 2.10. The Balaban J connectivity index is 1.75. The first-order valence-electron chi connectivity index (χ1n) is 6.80. The second kappa shape index (κ2) is 4.41. The van der Waals surface area contributed by atoms with Crippen LogP contribution in [0, 0.1) is 5.92 Å². The molecule has 0 spiro atoms. The second-order valence-corrected chi connectivity index (χ2v) is 5.60. The van der Waals surface area contributed by atoms with Gasteiger partial charge in [-0.2, -0.15) is 4.98 Å². The van der Waals surface area contributed by atoms with E-state index in [0.29, 0.717) is 17.9 Å². The normalized spacial score (nSPS) is 37.1. The Morgan fingerprint density at radius 1 is 1.24 bits per heavy atom. The van der Waals surface area contributed by atoms with E-state index in [2.05, 4.69) is 22.4 Å². The minimum absolute atomic E-state index is 0.420. The molecule has 4 unspecified atom stereocenters. The van der Waals surface area contributed by atoms with Crippen molar-refractivity contribution in [3.8, 4) is 0 Å². The number of hydrogen-bond donors (Lipinski definition) is 1. The topological polar surface area (TPSA) is 51.0 Å². The van der Waals surface area contributed by atoms with Crippen molar-refractivity contribution in [2.75, 3.05) is 7.05 Å². The maximum absolute atomic E-state index is 5.48.